The summed E-state index contributed by atoms with van der Waals surface area (Å²) in [5, 5.41) is 3.51. The molecule has 1 aliphatic carbocycles. The highest BCUT2D eigenvalue weighted by atomic mass is 16.7. The Kier molecular flexibility index (Phi) is 5.86. The highest BCUT2D eigenvalue weighted by Crippen LogP contribution is 2.29. The minimum Gasteiger partial charge on any atom is -0.467 e. The fourth-order valence-corrected chi connectivity index (χ4v) is 2.20. The average molecular weight is 277 g/mol. The number of nitrogens with one attached hydrogen (secondary N) is 1. The molecule has 2 rings (SSSR count). The number of rotatable bonds is 9. The van der Waals surface area contributed by atoms with Crippen molar-refractivity contribution in [3.8, 4) is 5.75 Å². The molecule has 1 aromatic carbocycles. The van der Waals surface area contributed by atoms with Gasteiger partial charge in [-0.1, -0.05) is 19.1 Å². The van der Waals surface area contributed by atoms with Gasteiger partial charge in [0, 0.05) is 11.6 Å². The molecule has 0 amide bonds. The summed E-state index contributed by atoms with van der Waals surface area (Å²) in [5.74, 6) is 1.72. The molecule has 1 atom stereocenters. The highest BCUT2D eigenvalue weighted by Gasteiger charge is 2.21. The molecule has 0 radical (unpaired) electrons. The number of ether oxygens (including phenoxy) is 2. The molecule has 0 heterocycles. The van der Waals surface area contributed by atoms with E-state index in [4.69, 9.17) is 9.47 Å². The number of hydrogen-bond donors (Lipinski definition) is 1. The largest absolute Gasteiger partial charge is 0.467 e. The first-order chi connectivity index (χ1) is 9.70. The maximum absolute atomic E-state index is 5.84. The first kappa shape index (κ1) is 15.3. The Bertz CT molecular complexity index is 415. The minimum absolute atomic E-state index is 0.300. The SMILES string of the molecule is CCCNC(C)c1ccc(C)cc1OCOCC1CC1. The van der Waals surface area contributed by atoms with E-state index >= 15 is 0 Å². The molecule has 1 fully saturated rings. The molecule has 1 aromatic rings. The van der Waals surface area contributed by atoms with Gasteiger partial charge in [0.05, 0.1) is 6.61 Å². The smallest absolute Gasteiger partial charge is 0.189 e. The Morgan fingerprint density at radius 1 is 1.35 bits per heavy atom. The second-order valence-electron chi connectivity index (χ2n) is 5.79. The summed E-state index contributed by atoms with van der Waals surface area (Å²) in [6.07, 6.45) is 3.76. The van der Waals surface area contributed by atoms with Gasteiger partial charge in [-0.15, -0.1) is 0 Å². The van der Waals surface area contributed by atoms with Crippen molar-refractivity contribution in [1.29, 1.82) is 0 Å². The first-order valence-electron chi connectivity index (χ1n) is 7.75. The molecular weight excluding hydrogens is 250 g/mol. The first-order valence-corrected chi connectivity index (χ1v) is 7.75. The second-order valence-corrected chi connectivity index (χ2v) is 5.79. The van der Waals surface area contributed by atoms with Crippen LogP contribution >= 0.6 is 0 Å². The molecule has 1 N–H and O–H groups in total. The Hall–Kier alpha value is -1.06. The Morgan fingerprint density at radius 2 is 2.15 bits per heavy atom. The molecule has 0 spiro atoms. The zero-order valence-electron chi connectivity index (χ0n) is 12.9. The zero-order valence-corrected chi connectivity index (χ0v) is 12.9. The van der Waals surface area contributed by atoms with Crippen LogP contribution in [0.15, 0.2) is 18.2 Å². The molecule has 1 saturated carbocycles. The lowest BCUT2D eigenvalue weighted by Gasteiger charge is -2.18. The quantitative estimate of drug-likeness (QED) is 0.550. The lowest BCUT2D eigenvalue weighted by molar-refractivity contribution is 0.00922. The van der Waals surface area contributed by atoms with Crippen molar-refractivity contribution in [2.45, 2.75) is 46.1 Å². The summed E-state index contributed by atoms with van der Waals surface area (Å²) >= 11 is 0. The summed E-state index contributed by atoms with van der Waals surface area (Å²) in [6.45, 7) is 8.66. The van der Waals surface area contributed by atoms with Crippen molar-refractivity contribution in [2.75, 3.05) is 19.9 Å². The third-order valence-corrected chi connectivity index (χ3v) is 3.68. The maximum atomic E-state index is 5.84. The lowest BCUT2D eigenvalue weighted by atomic mass is 10.0. The van der Waals surface area contributed by atoms with Crippen LogP contribution in [0.2, 0.25) is 0 Å². The number of aryl methyl sites for hydroxylation is 1. The van der Waals surface area contributed by atoms with Crippen LogP contribution in [-0.4, -0.2) is 19.9 Å². The molecule has 3 heteroatoms. The number of hydrogen-bond acceptors (Lipinski definition) is 3. The van der Waals surface area contributed by atoms with E-state index in [1.54, 1.807) is 0 Å². The monoisotopic (exact) mass is 277 g/mol. The molecule has 1 unspecified atom stereocenters. The van der Waals surface area contributed by atoms with E-state index in [9.17, 15) is 0 Å². The standard InChI is InChI=1S/C17H27NO2/c1-4-9-18-14(3)16-8-5-13(2)10-17(16)20-12-19-11-15-6-7-15/h5,8,10,14-15,18H,4,6-7,9,11-12H2,1-3H3. The summed E-state index contributed by atoms with van der Waals surface area (Å²) in [6, 6.07) is 6.69. The zero-order chi connectivity index (χ0) is 14.4. The Morgan fingerprint density at radius 3 is 2.85 bits per heavy atom. The summed E-state index contributed by atoms with van der Waals surface area (Å²) in [7, 11) is 0. The van der Waals surface area contributed by atoms with Crippen LogP contribution in [0.1, 0.15) is 50.3 Å². The van der Waals surface area contributed by atoms with Gasteiger partial charge in [0.25, 0.3) is 0 Å². The van der Waals surface area contributed by atoms with Gasteiger partial charge in [0.1, 0.15) is 5.75 Å². The van der Waals surface area contributed by atoms with Crippen LogP contribution < -0.4 is 10.1 Å². The van der Waals surface area contributed by atoms with E-state index < -0.39 is 0 Å². The molecule has 3 nitrogen and oxygen atoms in total. The van der Waals surface area contributed by atoms with Gasteiger partial charge in [-0.05, 0) is 57.2 Å². The molecule has 20 heavy (non-hydrogen) atoms. The minimum atomic E-state index is 0.300. The molecule has 1 aliphatic rings. The van der Waals surface area contributed by atoms with Gasteiger partial charge in [-0.25, -0.2) is 0 Å². The van der Waals surface area contributed by atoms with Crippen molar-refractivity contribution in [1.82, 2.24) is 5.32 Å². The van der Waals surface area contributed by atoms with Crippen LogP contribution in [0.4, 0.5) is 0 Å². The Balaban J connectivity index is 1.91. The fraction of sp³-hybridized carbons (Fsp3) is 0.647. The van der Waals surface area contributed by atoms with Gasteiger partial charge in [-0.3, -0.25) is 0 Å². The fourth-order valence-electron chi connectivity index (χ4n) is 2.20. The predicted octanol–water partition coefficient (Wildman–Crippen LogP) is 3.82. The molecule has 0 bridgehead atoms. The van der Waals surface area contributed by atoms with Crippen molar-refractivity contribution < 1.29 is 9.47 Å². The second kappa shape index (κ2) is 7.65. The van der Waals surface area contributed by atoms with Gasteiger partial charge in [0.15, 0.2) is 6.79 Å². The third-order valence-electron chi connectivity index (χ3n) is 3.68. The Labute approximate surface area is 122 Å². The van der Waals surface area contributed by atoms with E-state index in [1.165, 1.54) is 24.0 Å². The predicted molar refractivity (Wildman–Crippen MR) is 82.1 cm³/mol. The highest BCUT2D eigenvalue weighted by molar-refractivity contribution is 5.39. The maximum Gasteiger partial charge on any atom is 0.189 e. The molecule has 0 aromatic heterocycles. The van der Waals surface area contributed by atoms with Gasteiger partial charge in [-0.2, -0.15) is 0 Å². The normalized spacial score (nSPS) is 16.1. The van der Waals surface area contributed by atoms with Crippen LogP contribution in [0.3, 0.4) is 0 Å². The van der Waals surface area contributed by atoms with Crippen molar-refractivity contribution in [3.05, 3.63) is 29.3 Å². The summed E-state index contributed by atoms with van der Waals surface area (Å²) in [4.78, 5) is 0. The van der Waals surface area contributed by atoms with Crippen LogP contribution in [0.5, 0.6) is 5.75 Å². The van der Waals surface area contributed by atoms with Crippen LogP contribution in [-0.2, 0) is 4.74 Å². The van der Waals surface area contributed by atoms with Crippen molar-refractivity contribution in [2.24, 2.45) is 5.92 Å². The number of benzene rings is 1. The van der Waals surface area contributed by atoms with Crippen LogP contribution in [0, 0.1) is 12.8 Å². The van der Waals surface area contributed by atoms with E-state index in [-0.39, 0.29) is 0 Å². The van der Waals surface area contributed by atoms with Crippen molar-refractivity contribution >= 4 is 0 Å². The molecular formula is C17H27NO2. The molecule has 0 saturated heterocycles. The van der Waals surface area contributed by atoms with E-state index in [0.717, 1.165) is 31.2 Å². The van der Waals surface area contributed by atoms with Gasteiger partial charge >= 0.3 is 0 Å². The third kappa shape index (κ3) is 4.80. The van der Waals surface area contributed by atoms with E-state index in [2.05, 4.69) is 44.3 Å². The summed E-state index contributed by atoms with van der Waals surface area (Å²) in [5.41, 5.74) is 2.42. The lowest BCUT2D eigenvalue weighted by Crippen LogP contribution is -2.20. The average Bonchev–Trinajstić information content (AvgIpc) is 3.25. The van der Waals surface area contributed by atoms with Gasteiger partial charge in [0.2, 0.25) is 0 Å². The van der Waals surface area contributed by atoms with Crippen molar-refractivity contribution in [3.63, 3.8) is 0 Å². The summed E-state index contributed by atoms with van der Waals surface area (Å²) < 4.78 is 11.4. The van der Waals surface area contributed by atoms with Crippen LogP contribution in [0.25, 0.3) is 0 Å². The van der Waals surface area contributed by atoms with E-state index in [0.29, 0.717) is 12.8 Å². The van der Waals surface area contributed by atoms with E-state index in [1.807, 2.05) is 0 Å². The molecule has 112 valence electrons. The van der Waals surface area contributed by atoms with Gasteiger partial charge < -0.3 is 14.8 Å². The topological polar surface area (TPSA) is 30.5 Å². The molecule has 0 aliphatic heterocycles.